The van der Waals surface area contributed by atoms with Crippen LogP contribution in [-0.4, -0.2) is 21.1 Å². The van der Waals surface area contributed by atoms with Crippen molar-refractivity contribution in [1.29, 1.82) is 0 Å². The Bertz CT molecular complexity index is 964. The van der Waals surface area contributed by atoms with Crippen molar-refractivity contribution in [2.45, 2.75) is 13.5 Å². The largest absolute Gasteiger partial charge is 0.484 e. The topological polar surface area (TPSA) is 55.2 Å². The number of aromatic nitrogens is 3. The molecule has 8 heteroatoms. The summed E-state index contributed by atoms with van der Waals surface area (Å²) in [5.41, 5.74) is 2.14. The molecule has 25 heavy (non-hydrogen) atoms. The standard InChI is InChI=1S/C17H14Cl2N4OS/c1-11-2-4-12(5-3-11)9-20-23-16(21-22-17(23)25)10-24-15-8-13(18)6-7-14(15)19/h2-9H,10H2,1H3,(H,22,25)/b20-9-. The van der Waals surface area contributed by atoms with E-state index in [0.717, 1.165) is 5.56 Å². The van der Waals surface area contributed by atoms with Gasteiger partial charge in [-0.1, -0.05) is 53.0 Å². The number of nitrogens with one attached hydrogen (secondary N) is 1. The predicted molar refractivity (Wildman–Crippen MR) is 102 cm³/mol. The highest BCUT2D eigenvalue weighted by atomic mass is 35.5. The van der Waals surface area contributed by atoms with E-state index in [1.54, 1.807) is 24.4 Å². The molecule has 3 aromatic rings. The normalized spacial score (nSPS) is 11.2. The van der Waals surface area contributed by atoms with Gasteiger partial charge in [0.1, 0.15) is 12.4 Å². The number of aromatic amines is 1. The Balaban J connectivity index is 1.78. The minimum atomic E-state index is 0.137. The molecule has 0 fully saturated rings. The van der Waals surface area contributed by atoms with E-state index in [2.05, 4.69) is 15.3 Å². The van der Waals surface area contributed by atoms with Crippen molar-refractivity contribution in [2.75, 3.05) is 0 Å². The van der Waals surface area contributed by atoms with Crippen LogP contribution in [0.3, 0.4) is 0 Å². The second-order valence-corrected chi connectivity index (χ2v) is 6.51. The summed E-state index contributed by atoms with van der Waals surface area (Å²) in [6, 6.07) is 13.0. The Labute approximate surface area is 159 Å². The molecule has 0 saturated carbocycles. The Morgan fingerprint density at radius 1 is 1.24 bits per heavy atom. The number of hydrogen-bond donors (Lipinski definition) is 1. The van der Waals surface area contributed by atoms with E-state index in [4.69, 9.17) is 40.2 Å². The van der Waals surface area contributed by atoms with E-state index in [1.807, 2.05) is 31.2 Å². The first-order valence-electron chi connectivity index (χ1n) is 7.38. The van der Waals surface area contributed by atoms with Crippen LogP contribution in [0.4, 0.5) is 0 Å². The molecule has 0 aliphatic rings. The maximum absolute atomic E-state index is 6.09. The minimum absolute atomic E-state index is 0.137. The maximum atomic E-state index is 6.09. The number of rotatable bonds is 5. The van der Waals surface area contributed by atoms with E-state index in [1.165, 1.54) is 10.2 Å². The first kappa shape index (κ1) is 17.7. The van der Waals surface area contributed by atoms with Gasteiger partial charge in [-0.25, -0.2) is 5.10 Å². The van der Waals surface area contributed by atoms with E-state index in [9.17, 15) is 0 Å². The smallest absolute Gasteiger partial charge is 0.216 e. The summed E-state index contributed by atoms with van der Waals surface area (Å²) in [4.78, 5) is 0. The Hall–Kier alpha value is -2.15. The Morgan fingerprint density at radius 2 is 2.00 bits per heavy atom. The van der Waals surface area contributed by atoms with Crippen molar-refractivity contribution in [1.82, 2.24) is 14.9 Å². The van der Waals surface area contributed by atoms with Crippen molar-refractivity contribution < 1.29 is 4.74 Å². The van der Waals surface area contributed by atoms with Crippen LogP contribution in [0.2, 0.25) is 10.0 Å². The average Bonchev–Trinajstić information content (AvgIpc) is 2.95. The van der Waals surface area contributed by atoms with E-state index in [-0.39, 0.29) is 6.61 Å². The molecule has 0 saturated heterocycles. The molecule has 0 bridgehead atoms. The van der Waals surface area contributed by atoms with Gasteiger partial charge >= 0.3 is 0 Å². The second-order valence-electron chi connectivity index (χ2n) is 5.28. The fourth-order valence-corrected chi connectivity index (χ4v) is 2.58. The van der Waals surface area contributed by atoms with Gasteiger partial charge < -0.3 is 4.74 Å². The van der Waals surface area contributed by atoms with Crippen LogP contribution in [0, 0.1) is 11.7 Å². The monoisotopic (exact) mass is 392 g/mol. The summed E-state index contributed by atoms with van der Waals surface area (Å²) >= 11 is 17.3. The number of ether oxygens (including phenoxy) is 1. The lowest BCUT2D eigenvalue weighted by Gasteiger charge is -2.07. The number of aryl methyl sites for hydroxylation is 1. The van der Waals surface area contributed by atoms with Gasteiger partial charge in [0, 0.05) is 11.1 Å². The van der Waals surface area contributed by atoms with Gasteiger partial charge in [-0.15, -0.1) is 0 Å². The highest BCUT2D eigenvalue weighted by Crippen LogP contribution is 2.28. The molecule has 0 aliphatic heterocycles. The van der Waals surface area contributed by atoms with Crippen molar-refractivity contribution >= 4 is 41.6 Å². The molecule has 0 atom stereocenters. The molecule has 5 nitrogen and oxygen atoms in total. The zero-order valence-corrected chi connectivity index (χ0v) is 15.6. The van der Waals surface area contributed by atoms with Crippen LogP contribution in [0.25, 0.3) is 0 Å². The van der Waals surface area contributed by atoms with Gasteiger partial charge in [0.15, 0.2) is 5.82 Å². The van der Waals surface area contributed by atoms with Gasteiger partial charge in [-0.05, 0) is 36.8 Å². The molecule has 0 aliphatic carbocycles. The fraction of sp³-hybridized carbons (Fsp3) is 0.118. The third-order valence-corrected chi connectivity index (χ3v) is 4.18. The number of nitrogens with zero attached hydrogens (tertiary/aromatic N) is 3. The highest BCUT2D eigenvalue weighted by Gasteiger charge is 2.08. The molecule has 3 rings (SSSR count). The zero-order chi connectivity index (χ0) is 17.8. The molecule has 0 spiro atoms. The summed E-state index contributed by atoms with van der Waals surface area (Å²) in [6.07, 6.45) is 1.71. The lowest BCUT2D eigenvalue weighted by atomic mass is 10.2. The van der Waals surface area contributed by atoms with Crippen LogP contribution >= 0.6 is 35.4 Å². The first-order chi connectivity index (χ1) is 12.0. The predicted octanol–water partition coefficient (Wildman–Crippen LogP) is 5.02. The van der Waals surface area contributed by atoms with Crippen LogP contribution < -0.4 is 4.74 Å². The second kappa shape index (κ2) is 7.82. The molecule has 0 radical (unpaired) electrons. The van der Waals surface area contributed by atoms with Gasteiger partial charge in [-0.3, -0.25) is 0 Å². The molecule has 2 aromatic carbocycles. The third kappa shape index (κ3) is 4.48. The van der Waals surface area contributed by atoms with Crippen molar-refractivity contribution in [2.24, 2.45) is 5.10 Å². The molecular formula is C17H14Cl2N4OS. The minimum Gasteiger partial charge on any atom is -0.484 e. The van der Waals surface area contributed by atoms with Gasteiger partial charge in [0.2, 0.25) is 4.77 Å². The van der Waals surface area contributed by atoms with Crippen LogP contribution in [0.1, 0.15) is 17.0 Å². The molecule has 1 aromatic heterocycles. The highest BCUT2D eigenvalue weighted by molar-refractivity contribution is 7.71. The van der Waals surface area contributed by atoms with Crippen LogP contribution in [-0.2, 0) is 6.61 Å². The molecule has 1 heterocycles. The van der Waals surface area contributed by atoms with Crippen molar-refractivity contribution in [3.8, 4) is 5.75 Å². The first-order valence-corrected chi connectivity index (χ1v) is 8.54. The van der Waals surface area contributed by atoms with E-state index < -0.39 is 0 Å². The fourth-order valence-electron chi connectivity index (χ4n) is 2.04. The SMILES string of the molecule is Cc1ccc(/C=N\n2c(COc3cc(Cl)ccc3Cl)n[nH]c2=S)cc1. The molecule has 0 unspecified atom stereocenters. The number of hydrogen-bond acceptors (Lipinski definition) is 4. The van der Waals surface area contributed by atoms with Crippen LogP contribution in [0.15, 0.2) is 47.6 Å². The number of H-pyrrole nitrogens is 1. The zero-order valence-electron chi connectivity index (χ0n) is 13.2. The number of benzene rings is 2. The average molecular weight is 393 g/mol. The summed E-state index contributed by atoms with van der Waals surface area (Å²) in [7, 11) is 0. The summed E-state index contributed by atoms with van der Waals surface area (Å²) in [6.45, 7) is 2.17. The molecular weight excluding hydrogens is 379 g/mol. The van der Waals surface area contributed by atoms with Crippen LogP contribution in [0.5, 0.6) is 5.75 Å². The lowest BCUT2D eigenvalue weighted by Crippen LogP contribution is -2.04. The maximum Gasteiger partial charge on any atom is 0.216 e. The lowest BCUT2D eigenvalue weighted by molar-refractivity contribution is 0.291. The summed E-state index contributed by atoms with van der Waals surface area (Å²) in [5.74, 6) is 0.988. The molecule has 128 valence electrons. The van der Waals surface area contributed by atoms with Gasteiger partial charge in [0.25, 0.3) is 0 Å². The molecule has 1 N–H and O–H groups in total. The van der Waals surface area contributed by atoms with E-state index in [0.29, 0.717) is 26.4 Å². The summed E-state index contributed by atoms with van der Waals surface area (Å²) in [5, 5.41) is 12.2. The third-order valence-electron chi connectivity index (χ3n) is 3.37. The van der Waals surface area contributed by atoms with Gasteiger partial charge in [0.05, 0.1) is 11.2 Å². The Morgan fingerprint density at radius 3 is 2.76 bits per heavy atom. The quantitative estimate of drug-likeness (QED) is 0.489. The molecule has 0 amide bonds. The van der Waals surface area contributed by atoms with Crippen molar-refractivity contribution in [3.63, 3.8) is 0 Å². The van der Waals surface area contributed by atoms with Crippen molar-refractivity contribution in [3.05, 3.63) is 74.2 Å². The summed E-state index contributed by atoms with van der Waals surface area (Å²) < 4.78 is 7.57. The van der Waals surface area contributed by atoms with E-state index >= 15 is 0 Å². The van der Waals surface area contributed by atoms with Gasteiger partial charge in [-0.2, -0.15) is 14.9 Å². The Kier molecular flexibility index (Phi) is 5.53. The number of halogens is 2.